The maximum absolute atomic E-state index is 5.71. The van der Waals surface area contributed by atoms with Gasteiger partial charge >= 0.3 is 6.08 Å². The Morgan fingerprint density at radius 1 is 1.33 bits per heavy atom. The van der Waals surface area contributed by atoms with Gasteiger partial charge in [-0.1, -0.05) is 5.10 Å². The van der Waals surface area contributed by atoms with E-state index in [4.69, 9.17) is 14.9 Å². The smallest absolute Gasteiger partial charge is 0.414 e. The summed E-state index contributed by atoms with van der Waals surface area (Å²) in [5.41, 5.74) is 8.26. The predicted octanol–water partition coefficient (Wildman–Crippen LogP) is 1.64. The molecule has 0 amide bonds. The summed E-state index contributed by atoms with van der Waals surface area (Å²) in [7, 11) is 1.48. The summed E-state index contributed by atoms with van der Waals surface area (Å²) in [6.07, 6.45) is 0.152. The van der Waals surface area contributed by atoms with Gasteiger partial charge in [0.05, 0.1) is 7.11 Å². The molecule has 2 aromatic rings. The van der Waals surface area contributed by atoms with Crippen molar-refractivity contribution in [3.8, 4) is 17.5 Å². The highest BCUT2D eigenvalue weighted by molar-refractivity contribution is 5.60. The lowest BCUT2D eigenvalue weighted by Crippen LogP contribution is -1.89. The second-order valence-corrected chi connectivity index (χ2v) is 3.15. The summed E-state index contributed by atoms with van der Waals surface area (Å²) in [4.78, 5) is 0. The van der Waals surface area contributed by atoms with Gasteiger partial charge in [0, 0.05) is 11.3 Å². The first-order valence-corrected chi connectivity index (χ1v) is 4.44. The fourth-order valence-electron chi connectivity index (χ4n) is 1.22. The van der Waals surface area contributed by atoms with Crippen molar-refractivity contribution in [3.05, 3.63) is 23.8 Å². The van der Waals surface area contributed by atoms with Gasteiger partial charge in [-0.15, -0.1) is 5.10 Å². The minimum atomic E-state index is 0.152. The van der Waals surface area contributed by atoms with Crippen LogP contribution in [0.25, 0.3) is 11.5 Å². The summed E-state index contributed by atoms with van der Waals surface area (Å²) in [6.45, 7) is 1.92. The second kappa shape index (κ2) is 3.61. The Kier molecular flexibility index (Phi) is 2.29. The average molecular weight is 205 g/mol. The zero-order valence-corrected chi connectivity index (χ0v) is 8.52. The van der Waals surface area contributed by atoms with E-state index in [1.807, 2.05) is 19.1 Å². The van der Waals surface area contributed by atoms with E-state index in [0.29, 0.717) is 5.89 Å². The quantitative estimate of drug-likeness (QED) is 0.754. The highest BCUT2D eigenvalue weighted by Gasteiger charge is 2.08. The van der Waals surface area contributed by atoms with Gasteiger partial charge in [-0.3, -0.25) is 0 Å². The molecule has 0 atom stereocenters. The summed E-state index contributed by atoms with van der Waals surface area (Å²) in [5.74, 6) is 0.426. The van der Waals surface area contributed by atoms with Crippen LogP contribution >= 0.6 is 0 Å². The van der Waals surface area contributed by atoms with E-state index in [0.717, 1.165) is 16.8 Å². The van der Waals surface area contributed by atoms with E-state index in [9.17, 15) is 0 Å². The summed E-state index contributed by atoms with van der Waals surface area (Å²) in [6, 6.07) is 5.53. The van der Waals surface area contributed by atoms with Gasteiger partial charge in [0.25, 0.3) is 5.89 Å². The molecule has 0 aliphatic carbocycles. The lowest BCUT2D eigenvalue weighted by molar-refractivity contribution is 0.293. The van der Waals surface area contributed by atoms with Crippen LogP contribution < -0.4 is 10.5 Å². The minimum Gasteiger partial charge on any atom is -0.452 e. The number of hydrogen-bond acceptors (Lipinski definition) is 5. The maximum Gasteiger partial charge on any atom is 0.414 e. The first-order chi connectivity index (χ1) is 7.20. The minimum absolute atomic E-state index is 0.152. The van der Waals surface area contributed by atoms with Crippen LogP contribution in [0.15, 0.2) is 22.6 Å². The molecule has 1 aromatic heterocycles. The molecule has 0 unspecified atom stereocenters. The number of aromatic nitrogens is 2. The van der Waals surface area contributed by atoms with E-state index in [1.165, 1.54) is 7.11 Å². The summed E-state index contributed by atoms with van der Waals surface area (Å²) >= 11 is 0. The van der Waals surface area contributed by atoms with E-state index in [-0.39, 0.29) is 6.08 Å². The molecule has 2 N–H and O–H groups in total. The Balaban J connectivity index is 2.40. The third kappa shape index (κ3) is 1.76. The van der Waals surface area contributed by atoms with E-state index in [2.05, 4.69) is 10.2 Å². The molecular weight excluding hydrogens is 194 g/mol. The van der Waals surface area contributed by atoms with Crippen molar-refractivity contribution in [2.45, 2.75) is 6.92 Å². The van der Waals surface area contributed by atoms with Crippen molar-refractivity contribution in [3.63, 3.8) is 0 Å². The molecule has 0 bridgehead atoms. The van der Waals surface area contributed by atoms with Crippen molar-refractivity contribution in [1.82, 2.24) is 10.2 Å². The summed E-state index contributed by atoms with van der Waals surface area (Å²) < 4.78 is 10.0. The second-order valence-electron chi connectivity index (χ2n) is 3.15. The number of benzene rings is 1. The van der Waals surface area contributed by atoms with E-state index >= 15 is 0 Å². The molecule has 0 radical (unpaired) electrons. The number of anilines is 1. The zero-order chi connectivity index (χ0) is 10.8. The standard InChI is InChI=1S/C10H11N3O2/c1-6-5-7(3-4-8(6)11)9-12-13-10(14-2)15-9/h3-5H,11H2,1-2H3. The van der Waals surface area contributed by atoms with Crippen molar-refractivity contribution in [2.75, 3.05) is 12.8 Å². The fourth-order valence-corrected chi connectivity index (χ4v) is 1.22. The molecule has 0 saturated heterocycles. The third-order valence-corrected chi connectivity index (χ3v) is 2.10. The van der Waals surface area contributed by atoms with Crippen LogP contribution in [0.1, 0.15) is 5.56 Å². The van der Waals surface area contributed by atoms with Gasteiger partial charge in [-0.05, 0) is 30.7 Å². The molecule has 0 aliphatic rings. The van der Waals surface area contributed by atoms with E-state index in [1.54, 1.807) is 6.07 Å². The molecule has 0 spiro atoms. The number of nitrogens with two attached hydrogens (primary N) is 1. The lowest BCUT2D eigenvalue weighted by atomic mass is 10.1. The van der Waals surface area contributed by atoms with Gasteiger partial charge in [0.1, 0.15) is 0 Å². The summed E-state index contributed by atoms with van der Waals surface area (Å²) in [5, 5.41) is 7.54. The number of rotatable bonds is 2. The Bertz CT molecular complexity index is 479. The molecule has 78 valence electrons. The van der Waals surface area contributed by atoms with Crippen LogP contribution in [0.5, 0.6) is 6.08 Å². The topological polar surface area (TPSA) is 74.2 Å². The molecule has 1 aromatic carbocycles. The number of nitrogens with zero attached hydrogens (tertiary/aromatic N) is 2. The predicted molar refractivity (Wildman–Crippen MR) is 55.4 cm³/mol. The van der Waals surface area contributed by atoms with Crippen LogP contribution in [0.2, 0.25) is 0 Å². The highest BCUT2D eigenvalue weighted by atomic mass is 16.6. The third-order valence-electron chi connectivity index (χ3n) is 2.10. The van der Waals surface area contributed by atoms with Crippen molar-refractivity contribution in [1.29, 1.82) is 0 Å². The molecule has 2 rings (SSSR count). The van der Waals surface area contributed by atoms with Gasteiger partial charge in [-0.25, -0.2) is 0 Å². The van der Waals surface area contributed by atoms with E-state index < -0.39 is 0 Å². The molecule has 0 saturated carbocycles. The van der Waals surface area contributed by atoms with Gasteiger partial charge in [0.15, 0.2) is 0 Å². The zero-order valence-electron chi connectivity index (χ0n) is 8.52. The molecular formula is C10H11N3O2. The molecule has 0 aliphatic heterocycles. The maximum atomic E-state index is 5.71. The number of hydrogen-bond donors (Lipinski definition) is 1. The first kappa shape index (κ1) is 9.51. The van der Waals surface area contributed by atoms with Crippen LogP contribution in [-0.4, -0.2) is 17.3 Å². The Morgan fingerprint density at radius 3 is 2.73 bits per heavy atom. The Morgan fingerprint density at radius 2 is 2.13 bits per heavy atom. The molecule has 0 fully saturated rings. The van der Waals surface area contributed by atoms with Gasteiger partial charge in [-0.2, -0.15) is 0 Å². The van der Waals surface area contributed by atoms with Gasteiger partial charge < -0.3 is 14.9 Å². The average Bonchev–Trinajstić information content (AvgIpc) is 2.70. The largest absolute Gasteiger partial charge is 0.452 e. The molecule has 5 heteroatoms. The SMILES string of the molecule is COc1nnc(-c2ccc(N)c(C)c2)o1. The van der Waals surface area contributed by atoms with Crippen LogP contribution in [0, 0.1) is 6.92 Å². The highest BCUT2D eigenvalue weighted by Crippen LogP contribution is 2.23. The van der Waals surface area contributed by atoms with Crippen LogP contribution in [0.4, 0.5) is 5.69 Å². The van der Waals surface area contributed by atoms with Crippen molar-refractivity contribution < 1.29 is 9.15 Å². The van der Waals surface area contributed by atoms with Crippen LogP contribution in [-0.2, 0) is 0 Å². The number of methoxy groups -OCH3 is 1. The molecule has 15 heavy (non-hydrogen) atoms. The first-order valence-electron chi connectivity index (χ1n) is 4.44. The van der Waals surface area contributed by atoms with Crippen molar-refractivity contribution >= 4 is 5.69 Å². The Hall–Kier alpha value is -2.04. The molecule has 5 nitrogen and oxygen atoms in total. The number of nitrogen functional groups attached to an aromatic ring is 1. The van der Waals surface area contributed by atoms with Gasteiger partial charge in [0.2, 0.25) is 0 Å². The molecule has 1 heterocycles. The number of ether oxygens (including phenoxy) is 1. The normalized spacial score (nSPS) is 10.3. The Labute approximate surface area is 86.9 Å². The fraction of sp³-hybridized carbons (Fsp3) is 0.200. The van der Waals surface area contributed by atoms with Crippen molar-refractivity contribution in [2.24, 2.45) is 0 Å². The van der Waals surface area contributed by atoms with Crippen LogP contribution in [0.3, 0.4) is 0 Å². The number of aryl methyl sites for hydroxylation is 1. The monoisotopic (exact) mass is 205 g/mol. The lowest BCUT2D eigenvalue weighted by Gasteiger charge is -2.00.